The van der Waals surface area contributed by atoms with Gasteiger partial charge in [-0.3, -0.25) is 4.79 Å². The molecule has 0 aromatic carbocycles. The molecule has 1 aromatic rings. The number of aromatic amines is 1. The molecule has 0 aliphatic heterocycles. The number of pyridine rings is 1. The van der Waals surface area contributed by atoms with Gasteiger partial charge in [-0.05, 0) is 6.07 Å². The van der Waals surface area contributed by atoms with Gasteiger partial charge in [-0.2, -0.15) is 0 Å². The largest absolute Gasteiger partial charge is 0.327 e. The topological polar surface area (TPSA) is 58.9 Å². The lowest BCUT2D eigenvalue weighted by Gasteiger charge is -1.94. The number of rotatable bonds is 1. The minimum absolute atomic E-state index is 0.0513. The number of nitrogens with two attached hydrogens (primary N) is 1. The van der Waals surface area contributed by atoms with Crippen LogP contribution in [0.2, 0.25) is 0 Å². The van der Waals surface area contributed by atoms with Crippen LogP contribution in [-0.2, 0) is 6.54 Å². The van der Waals surface area contributed by atoms with Gasteiger partial charge in [0.05, 0.1) is 0 Å². The molecule has 1 rings (SSSR count). The van der Waals surface area contributed by atoms with Crippen molar-refractivity contribution in [3.8, 4) is 0 Å². The average Bonchev–Trinajstić information content (AvgIpc) is 1.95. The Morgan fingerprint density at radius 2 is 2.40 bits per heavy atom. The van der Waals surface area contributed by atoms with Crippen molar-refractivity contribution in [3.63, 3.8) is 0 Å². The molecule has 0 radical (unpaired) electrons. The summed E-state index contributed by atoms with van der Waals surface area (Å²) in [6.45, 7) is 0.0513. The molecule has 0 saturated carbocycles. The van der Waals surface area contributed by atoms with Gasteiger partial charge < -0.3 is 10.7 Å². The Morgan fingerprint density at radius 1 is 1.70 bits per heavy atom. The van der Waals surface area contributed by atoms with Crippen molar-refractivity contribution in [3.05, 3.63) is 34.0 Å². The fraction of sp³-hybridized carbons (Fsp3) is 0.167. The molecule has 3 nitrogen and oxygen atoms in total. The van der Waals surface area contributed by atoms with E-state index in [1.54, 1.807) is 0 Å². The maximum absolute atomic E-state index is 12.6. The van der Waals surface area contributed by atoms with Crippen LogP contribution in [0.25, 0.3) is 0 Å². The third kappa shape index (κ3) is 1.06. The SMILES string of the molecule is NCc1cc[nH]c(=O)c1F. The Hall–Kier alpha value is -1.16. The van der Waals surface area contributed by atoms with E-state index in [0.717, 1.165) is 0 Å². The first kappa shape index (κ1) is 6.95. The van der Waals surface area contributed by atoms with Crippen LogP contribution in [0.1, 0.15) is 5.56 Å². The van der Waals surface area contributed by atoms with E-state index in [9.17, 15) is 9.18 Å². The van der Waals surface area contributed by atoms with Crippen molar-refractivity contribution in [2.24, 2.45) is 5.73 Å². The molecule has 0 aliphatic carbocycles. The quantitative estimate of drug-likeness (QED) is 0.578. The van der Waals surface area contributed by atoms with Crippen molar-refractivity contribution < 1.29 is 4.39 Å². The smallest absolute Gasteiger partial charge is 0.284 e. The summed E-state index contributed by atoms with van der Waals surface area (Å²) in [6, 6.07) is 1.44. The second kappa shape index (κ2) is 2.62. The number of aromatic nitrogens is 1. The summed E-state index contributed by atoms with van der Waals surface area (Å²) in [6.07, 6.45) is 1.37. The maximum Gasteiger partial charge on any atom is 0.284 e. The molecule has 1 heterocycles. The molecule has 0 saturated heterocycles. The predicted octanol–water partition coefficient (Wildman–Crippen LogP) is -0.0273. The Labute approximate surface area is 56.7 Å². The van der Waals surface area contributed by atoms with Crippen LogP contribution < -0.4 is 11.3 Å². The summed E-state index contributed by atoms with van der Waals surface area (Å²) in [7, 11) is 0. The van der Waals surface area contributed by atoms with Crippen LogP contribution in [-0.4, -0.2) is 4.98 Å². The molecule has 0 fully saturated rings. The van der Waals surface area contributed by atoms with Gasteiger partial charge in [-0.25, -0.2) is 4.39 Å². The molecule has 0 atom stereocenters. The fourth-order valence-corrected chi connectivity index (χ4v) is 0.658. The molecule has 0 aliphatic rings. The molecular formula is C6H7FN2O. The lowest BCUT2D eigenvalue weighted by atomic mass is 10.2. The highest BCUT2D eigenvalue weighted by Gasteiger charge is 2.01. The third-order valence-electron chi connectivity index (χ3n) is 1.20. The first-order valence-corrected chi connectivity index (χ1v) is 2.82. The van der Waals surface area contributed by atoms with E-state index in [0.29, 0.717) is 0 Å². The van der Waals surface area contributed by atoms with Crippen LogP contribution in [0, 0.1) is 5.82 Å². The van der Waals surface area contributed by atoms with Gasteiger partial charge in [0.25, 0.3) is 5.56 Å². The van der Waals surface area contributed by atoms with Gasteiger partial charge in [-0.1, -0.05) is 0 Å². The highest BCUT2D eigenvalue weighted by Crippen LogP contribution is 1.96. The summed E-state index contributed by atoms with van der Waals surface area (Å²) in [5, 5.41) is 0. The number of nitrogens with one attached hydrogen (secondary N) is 1. The van der Waals surface area contributed by atoms with Crippen LogP contribution in [0.3, 0.4) is 0 Å². The van der Waals surface area contributed by atoms with Gasteiger partial charge in [0.1, 0.15) is 0 Å². The molecule has 3 N–H and O–H groups in total. The summed E-state index contributed by atoms with van der Waals surface area (Å²) in [5.41, 5.74) is 4.65. The summed E-state index contributed by atoms with van der Waals surface area (Å²) in [5.74, 6) is -0.787. The molecule has 0 unspecified atom stereocenters. The van der Waals surface area contributed by atoms with E-state index in [1.807, 2.05) is 0 Å². The van der Waals surface area contributed by atoms with Crippen molar-refractivity contribution >= 4 is 0 Å². The zero-order valence-electron chi connectivity index (χ0n) is 5.23. The molecular weight excluding hydrogens is 135 g/mol. The summed E-state index contributed by atoms with van der Waals surface area (Å²) in [4.78, 5) is 12.7. The van der Waals surface area contributed by atoms with E-state index < -0.39 is 11.4 Å². The molecule has 0 amide bonds. The Balaban J connectivity index is 3.28. The molecule has 1 aromatic heterocycles. The van der Waals surface area contributed by atoms with Crippen molar-refractivity contribution in [2.75, 3.05) is 0 Å². The second-order valence-corrected chi connectivity index (χ2v) is 1.85. The molecule has 10 heavy (non-hydrogen) atoms. The molecule has 54 valence electrons. The lowest BCUT2D eigenvalue weighted by Crippen LogP contribution is -2.14. The first-order valence-electron chi connectivity index (χ1n) is 2.82. The van der Waals surface area contributed by atoms with Crippen molar-refractivity contribution in [1.29, 1.82) is 0 Å². The number of hydrogen-bond donors (Lipinski definition) is 2. The van der Waals surface area contributed by atoms with E-state index in [1.165, 1.54) is 12.3 Å². The van der Waals surface area contributed by atoms with Crippen LogP contribution in [0.5, 0.6) is 0 Å². The second-order valence-electron chi connectivity index (χ2n) is 1.85. The van der Waals surface area contributed by atoms with E-state index in [2.05, 4.69) is 4.98 Å². The number of hydrogen-bond acceptors (Lipinski definition) is 2. The Morgan fingerprint density at radius 3 is 2.90 bits per heavy atom. The van der Waals surface area contributed by atoms with E-state index in [-0.39, 0.29) is 12.1 Å². The Bertz CT molecular complexity index is 281. The molecule has 0 spiro atoms. The summed E-state index contributed by atoms with van der Waals surface area (Å²) >= 11 is 0. The van der Waals surface area contributed by atoms with Crippen LogP contribution in [0.15, 0.2) is 17.1 Å². The number of halogens is 1. The van der Waals surface area contributed by atoms with Crippen molar-refractivity contribution in [1.82, 2.24) is 4.98 Å². The van der Waals surface area contributed by atoms with Gasteiger partial charge in [0.2, 0.25) is 0 Å². The average molecular weight is 142 g/mol. The zero-order valence-corrected chi connectivity index (χ0v) is 5.23. The number of H-pyrrole nitrogens is 1. The highest BCUT2D eigenvalue weighted by atomic mass is 19.1. The monoisotopic (exact) mass is 142 g/mol. The third-order valence-corrected chi connectivity index (χ3v) is 1.20. The maximum atomic E-state index is 12.6. The van der Waals surface area contributed by atoms with Crippen molar-refractivity contribution in [2.45, 2.75) is 6.54 Å². The Kier molecular flexibility index (Phi) is 1.82. The normalized spacial score (nSPS) is 9.80. The van der Waals surface area contributed by atoms with Gasteiger partial charge in [0, 0.05) is 18.3 Å². The standard InChI is InChI=1S/C6H7FN2O/c7-5-4(3-8)1-2-9-6(5)10/h1-2H,3,8H2,(H,9,10). The lowest BCUT2D eigenvalue weighted by molar-refractivity contribution is 0.591. The predicted molar refractivity (Wildman–Crippen MR) is 34.9 cm³/mol. The van der Waals surface area contributed by atoms with Crippen LogP contribution in [0.4, 0.5) is 4.39 Å². The highest BCUT2D eigenvalue weighted by molar-refractivity contribution is 5.11. The minimum atomic E-state index is -0.787. The van der Waals surface area contributed by atoms with Gasteiger partial charge in [0.15, 0.2) is 5.82 Å². The van der Waals surface area contributed by atoms with E-state index in [4.69, 9.17) is 5.73 Å². The fourth-order valence-electron chi connectivity index (χ4n) is 0.658. The molecule has 0 bridgehead atoms. The zero-order chi connectivity index (χ0) is 7.56. The van der Waals surface area contributed by atoms with E-state index >= 15 is 0 Å². The van der Waals surface area contributed by atoms with Gasteiger partial charge >= 0.3 is 0 Å². The summed E-state index contributed by atoms with van der Waals surface area (Å²) < 4.78 is 12.6. The van der Waals surface area contributed by atoms with Crippen LogP contribution >= 0.6 is 0 Å². The molecule has 4 heteroatoms. The van der Waals surface area contributed by atoms with Gasteiger partial charge in [-0.15, -0.1) is 0 Å². The minimum Gasteiger partial charge on any atom is -0.327 e. The first-order chi connectivity index (χ1) is 4.75.